The number of carbonyl (C=O) groups excluding carboxylic acids is 1. The summed E-state index contributed by atoms with van der Waals surface area (Å²) < 4.78 is 38.7. The van der Waals surface area contributed by atoms with Gasteiger partial charge in [-0.2, -0.15) is 13.2 Å². The number of carbonyl (C=O) groups is 1. The largest absolute Gasteiger partial charge is 0.416 e. The molecule has 6 heteroatoms. The number of amides is 1. The van der Waals surface area contributed by atoms with Crippen LogP contribution in [0, 0.1) is 5.92 Å². The molecule has 2 fully saturated rings. The number of benzene rings is 1. The lowest BCUT2D eigenvalue weighted by Crippen LogP contribution is -2.51. The lowest BCUT2D eigenvalue weighted by atomic mass is 9.90. The molecule has 1 aromatic rings. The van der Waals surface area contributed by atoms with Gasteiger partial charge in [0.1, 0.15) is 0 Å². The van der Waals surface area contributed by atoms with Crippen LogP contribution in [0.2, 0.25) is 0 Å². The number of hydrogen-bond donors (Lipinski definition) is 0. The molecule has 2 aliphatic rings. The first-order valence-corrected chi connectivity index (χ1v) is 9.51. The molecule has 0 N–H and O–H groups in total. The van der Waals surface area contributed by atoms with Crippen LogP contribution in [0.3, 0.4) is 0 Å². The quantitative estimate of drug-likeness (QED) is 0.755. The zero-order chi connectivity index (χ0) is 18.9. The summed E-state index contributed by atoms with van der Waals surface area (Å²) in [6.45, 7) is 5.47. The van der Waals surface area contributed by atoms with E-state index in [1.165, 1.54) is 18.6 Å². The summed E-state index contributed by atoms with van der Waals surface area (Å²) in [6, 6.07) is 6.04. The molecule has 3 rings (SSSR count). The van der Waals surface area contributed by atoms with Gasteiger partial charge in [-0.25, -0.2) is 0 Å². The monoisotopic (exact) mass is 368 g/mol. The summed E-state index contributed by atoms with van der Waals surface area (Å²) in [4.78, 5) is 17.0. The van der Waals surface area contributed by atoms with E-state index in [0.717, 1.165) is 18.9 Å². The van der Waals surface area contributed by atoms with E-state index >= 15 is 0 Å². The highest BCUT2D eigenvalue weighted by molar-refractivity contribution is 5.80. The van der Waals surface area contributed by atoms with Crippen LogP contribution >= 0.6 is 0 Å². The lowest BCUT2D eigenvalue weighted by molar-refractivity contribution is -0.142. The second-order valence-corrected chi connectivity index (χ2v) is 7.68. The molecule has 144 valence electrons. The van der Waals surface area contributed by atoms with E-state index in [4.69, 9.17) is 0 Å². The van der Waals surface area contributed by atoms with Crippen LogP contribution in [0.4, 0.5) is 18.9 Å². The summed E-state index contributed by atoms with van der Waals surface area (Å²) in [5.74, 6) is 0.216. The van der Waals surface area contributed by atoms with E-state index in [-0.39, 0.29) is 23.9 Å². The summed E-state index contributed by atoms with van der Waals surface area (Å²) >= 11 is 0. The minimum atomic E-state index is -4.33. The van der Waals surface area contributed by atoms with Crippen LogP contribution in [0.5, 0.6) is 0 Å². The third kappa shape index (κ3) is 3.99. The third-order valence-electron chi connectivity index (χ3n) is 5.83. The van der Waals surface area contributed by atoms with Crippen molar-refractivity contribution >= 4 is 11.6 Å². The first kappa shape index (κ1) is 19.1. The van der Waals surface area contributed by atoms with Crippen molar-refractivity contribution < 1.29 is 18.0 Å². The molecule has 2 saturated heterocycles. The van der Waals surface area contributed by atoms with Crippen molar-refractivity contribution in [2.75, 3.05) is 18.0 Å². The maximum absolute atomic E-state index is 13.0. The summed E-state index contributed by atoms with van der Waals surface area (Å²) in [5.41, 5.74) is -0.0328. The molecule has 1 amide bonds. The Bertz CT molecular complexity index is 628. The number of nitrogens with zero attached hydrogens (tertiary/aromatic N) is 2. The zero-order valence-electron chi connectivity index (χ0n) is 15.4. The molecular weight excluding hydrogens is 341 g/mol. The minimum absolute atomic E-state index is 0.0138. The van der Waals surface area contributed by atoms with Crippen LogP contribution < -0.4 is 4.90 Å². The van der Waals surface area contributed by atoms with Crippen LogP contribution in [0.25, 0.3) is 0 Å². The van der Waals surface area contributed by atoms with Gasteiger partial charge in [0, 0.05) is 36.8 Å². The van der Waals surface area contributed by atoms with Gasteiger partial charge in [0.25, 0.3) is 0 Å². The fourth-order valence-electron chi connectivity index (χ4n) is 4.33. The Balaban J connectivity index is 1.63. The van der Waals surface area contributed by atoms with E-state index in [2.05, 4.69) is 13.8 Å². The van der Waals surface area contributed by atoms with Gasteiger partial charge in [-0.1, -0.05) is 6.07 Å². The van der Waals surface area contributed by atoms with Crippen molar-refractivity contribution in [3.05, 3.63) is 29.8 Å². The molecule has 0 saturated carbocycles. The Morgan fingerprint density at radius 3 is 2.23 bits per heavy atom. The molecule has 3 nitrogen and oxygen atoms in total. The summed E-state index contributed by atoms with van der Waals surface area (Å²) in [7, 11) is 0. The first-order valence-electron chi connectivity index (χ1n) is 9.51. The normalized spacial score (nSPS) is 25.4. The van der Waals surface area contributed by atoms with E-state index in [1.807, 2.05) is 9.80 Å². The molecule has 26 heavy (non-hydrogen) atoms. The second-order valence-electron chi connectivity index (χ2n) is 7.68. The molecule has 1 aromatic carbocycles. The van der Waals surface area contributed by atoms with Crippen molar-refractivity contribution in [3.8, 4) is 0 Å². The topological polar surface area (TPSA) is 23.6 Å². The fraction of sp³-hybridized carbons (Fsp3) is 0.650. The predicted molar refractivity (Wildman–Crippen MR) is 96.0 cm³/mol. The maximum atomic E-state index is 13.0. The molecule has 0 spiro atoms. The number of hydrogen-bond acceptors (Lipinski definition) is 2. The second kappa shape index (κ2) is 7.49. The molecule has 0 aliphatic carbocycles. The first-order chi connectivity index (χ1) is 12.3. The van der Waals surface area contributed by atoms with E-state index in [9.17, 15) is 18.0 Å². The Kier molecular flexibility index (Phi) is 5.49. The molecule has 2 heterocycles. The van der Waals surface area contributed by atoms with Crippen LogP contribution in [0.15, 0.2) is 24.3 Å². The fourth-order valence-corrected chi connectivity index (χ4v) is 4.33. The highest BCUT2D eigenvalue weighted by Gasteiger charge is 2.35. The van der Waals surface area contributed by atoms with Gasteiger partial charge in [0.05, 0.1) is 5.56 Å². The van der Waals surface area contributed by atoms with Gasteiger partial charge in [0.15, 0.2) is 0 Å². The van der Waals surface area contributed by atoms with Gasteiger partial charge >= 0.3 is 6.18 Å². The average Bonchev–Trinajstić information content (AvgIpc) is 2.61. The Hall–Kier alpha value is -1.72. The molecule has 0 radical (unpaired) electrons. The number of alkyl halides is 3. The number of halogens is 3. The van der Waals surface area contributed by atoms with Crippen molar-refractivity contribution in [2.24, 2.45) is 5.92 Å². The number of likely N-dealkylation sites (tertiary alicyclic amines) is 1. The lowest BCUT2D eigenvalue weighted by Gasteiger charge is -2.42. The highest BCUT2D eigenvalue weighted by atomic mass is 19.4. The molecule has 2 unspecified atom stereocenters. The van der Waals surface area contributed by atoms with Crippen LogP contribution in [-0.4, -0.2) is 36.0 Å². The maximum Gasteiger partial charge on any atom is 0.416 e. The molecular formula is C20H27F3N2O. The van der Waals surface area contributed by atoms with E-state index < -0.39 is 11.7 Å². The number of anilines is 1. The molecule has 2 aliphatic heterocycles. The van der Waals surface area contributed by atoms with Gasteiger partial charge in [0.2, 0.25) is 5.91 Å². The number of piperidine rings is 2. The van der Waals surface area contributed by atoms with Crippen LogP contribution in [0.1, 0.15) is 51.5 Å². The van der Waals surface area contributed by atoms with Gasteiger partial charge in [-0.3, -0.25) is 4.79 Å². The summed E-state index contributed by atoms with van der Waals surface area (Å²) in [5, 5.41) is 0. The van der Waals surface area contributed by atoms with E-state index in [0.29, 0.717) is 31.6 Å². The Morgan fingerprint density at radius 1 is 1.04 bits per heavy atom. The van der Waals surface area contributed by atoms with Gasteiger partial charge in [-0.15, -0.1) is 0 Å². The number of rotatable bonds is 2. The molecule has 0 bridgehead atoms. The van der Waals surface area contributed by atoms with E-state index in [1.54, 1.807) is 6.07 Å². The highest BCUT2D eigenvalue weighted by Crippen LogP contribution is 2.33. The van der Waals surface area contributed by atoms with Crippen molar-refractivity contribution in [2.45, 2.75) is 64.2 Å². The molecule has 0 aromatic heterocycles. The Labute approximate surface area is 153 Å². The zero-order valence-corrected chi connectivity index (χ0v) is 15.4. The summed E-state index contributed by atoms with van der Waals surface area (Å²) in [6.07, 6.45) is 0.347. The minimum Gasteiger partial charge on any atom is -0.371 e. The van der Waals surface area contributed by atoms with Crippen molar-refractivity contribution in [1.29, 1.82) is 0 Å². The Morgan fingerprint density at radius 2 is 1.65 bits per heavy atom. The predicted octanol–water partition coefficient (Wildman–Crippen LogP) is 4.71. The smallest absolute Gasteiger partial charge is 0.371 e. The molecule has 2 atom stereocenters. The van der Waals surface area contributed by atoms with Gasteiger partial charge in [-0.05, 0) is 64.2 Å². The van der Waals surface area contributed by atoms with Crippen molar-refractivity contribution in [1.82, 2.24) is 4.90 Å². The van der Waals surface area contributed by atoms with Gasteiger partial charge < -0.3 is 9.80 Å². The average molecular weight is 368 g/mol. The third-order valence-corrected chi connectivity index (χ3v) is 5.83. The SMILES string of the molecule is CC1CCCC(C)N1C(=O)C1CCN(c2cccc(C(F)(F)F)c2)CC1. The van der Waals surface area contributed by atoms with Crippen LogP contribution in [-0.2, 0) is 11.0 Å². The van der Waals surface area contributed by atoms with Crippen molar-refractivity contribution in [3.63, 3.8) is 0 Å². The standard InChI is InChI=1S/C20H27F3N2O/c1-14-5-3-6-15(2)25(14)19(26)16-9-11-24(12-10-16)18-8-4-7-17(13-18)20(21,22)23/h4,7-8,13-16H,3,5-6,9-12H2,1-2H3.